The fourth-order valence-electron chi connectivity index (χ4n) is 2.47. The average molecular weight is 358 g/mol. The molecule has 0 spiro atoms. The predicted octanol–water partition coefficient (Wildman–Crippen LogP) is -2.36. The number of hydrogen-bond donors (Lipinski definition) is 5. The highest BCUT2D eigenvalue weighted by Gasteiger charge is 2.34. The van der Waals surface area contributed by atoms with Gasteiger partial charge in [0, 0.05) is 6.54 Å². The number of nitrogens with zero attached hydrogens (tertiary/aromatic N) is 1. The number of aliphatic hydroxyl groups is 1. The lowest BCUT2D eigenvalue weighted by Gasteiger charge is -2.23. The van der Waals surface area contributed by atoms with Crippen LogP contribution in [0.3, 0.4) is 0 Å². The highest BCUT2D eigenvalue weighted by Crippen LogP contribution is 2.17. The van der Waals surface area contributed by atoms with Crippen molar-refractivity contribution < 1.29 is 29.4 Å². The average Bonchev–Trinajstić information content (AvgIpc) is 3.06. The van der Waals surface area contributed by atoms with Gasteiger partial charge in [-0.25, -0.2) is 4.79 Å². The van der Waals surface area contributed by atoms with E-state index >= 15 is 0 Å². The number of carboxylic acid groups (broad SMARTS) is 1. The fourth-order valence-corrected chi connectivity index (χ4v) is 2.47. The topological polar surface area (TPSA) is 162 Å². The Labute approximate surface area is 145 Å². The molecular weight excluding hydrogens is 332 g/mol. The number of hydrogen-bond acceptors (Lipinski definition) is 6. The number of nitrogens with two attached hydrogens (primary N) is 1. The Kier molecular flexibility index (Phi) is 7.78. The quantitative estimate of drug-likeness (QED) is 0.324. The molecule has 0 aromatic carbocycles. The van der Waals surface area contributed by atoms with Gasteiger partial charge in [-0.05, 0) is 18.8 Å². The molecule has 25 heavy (non-hydrogen) atoms. The molecule has 142 valence electrons. The van der Waals surface area contributed by atoms with Crippen LogP contribution in [0.5, 0.6) is 0 Å². The van der Waals surface area contributed by atoms with Crippen molar-refractivity contribution in [1.29, 1.82) is 0 Å². The Hall–Kier alpha value is -2.20. The van der Waals surface area contributed by atoms with Crippen LogP contribution >= 0.6 is 0 Å². The van der Waals surface area contributed by atoms with E-state index in [2.05, 4.69) is 10.6 Å². The maximum Gasteiger partial charge on any atom is 0.326 e. The van der Waals surface area contributed by atoms with E-state index in [-0.39, 0.29) is 5.92 Å². The number of likely N-dealkylation sites (tertiary alicyclic amines) is 1. The van der Waals surface area contributed by atoms with Crippen molar-refractivity contribution in [3.05, 3.63) is 0 Å². The molecule has 1 aliphatic rings. The van der Waals surface area contributed by atoms with Crippen LogP contribution in [0.15, 0.2) is 0 Å². The summed E-state index contributed by atoms with van der Waals surface area (Å²) in [6.07, 6.45) is 0.955. The Morgan fingerprint density at radius 2 is 1.88 bits per heavy atom. The molecule has 0 aromatic heterocycles. The van der Waals surface area contributed by atoms with Crippen LogP contribution in [0.4, 0.5) is 0 Å². The van der Waals surface area contributed by atoms with Gasteiger partial charge in [0.05, 0.1) is 19.2 Å². The van der Waals surface area contributed by atoms with Crippen LogP contribution in [-0.4, -0.2) is 76.6 Å². The molecule has 0 aromatic rings. The second kappa shape index (κ2) is 9.33. The summed E-state index contributed by atoms with van der Waals surface area (Å²) in [6, 6.07) is -2.95. The molecule has 10 heteroatoms. The summed E-state index contributed by atoms with van der Waals surface area (Å²) in [5, 5.41) is 23.0. The van der Waals surface area contributed by atoms with E-state index in [4.69, 9.17) is 10.8 Å². The summed E-state index contributed by atoms with van der Waals surface area (Å²) < 4.78 is 0. The zero-order valence-corrected chi connectivity index (χ0v) is 14.4. The molecule has 0 unspecified atom stereocenters. The van der Waals surface area contributed by atoms with E-state index in [1.807, 2.05) is 0 Å². The molecule has 0 radical (unpaired) electrons. The highest BCUT2D eigenvalue weighted by molar-refractivity contribution is 5.92. The third kappa shape index (κ3) is 5.68. The number of carbonyl (C=O) groups excluding carboxylic acids is 3. The Morgan fingerprint density at radius 1 is 1.24 bits per heavy atom. The van der Waals surface area contributed by atoms with Crippen LogP contribution in [-0.2, 0) is 19.2 Å². The van der Waals surface area contributed by atoms with Gasteiger partial charge in [-0.1, -0.05) is 13.8 Å². The van der Waals surface area contributed by atoms with Crippen molar-refractivity contribution in [2.45, 2.75) is 44.8 Å². The minimum atomic E-state index is -1.24. The molecule has 1 rings (SSSR count). The van der Waals surface area contributed by atoms with Gasteiger partial charge in [-0.2, -0.15) is 0 Å². The van der Waals surface area contributed by atoms with Crippen molar-refractivity contribution in [2.75, 3.05) is 19.7 Å². The molecule has 3 amide bonds. The highest BCUT2D eigenvalue weighted by atomic mass is 16.4. The molecule has 1 aliphatic heterocycles. The third-order valence-electron chi connectivity index (χ3n) is 4.11. The summed E-state index contributed by atoms with van der Waals surface area (Å²) in [6.45, 7) is 2.73. The molecule has 10 nitrogen and oxygen atoms in total. The first-order valence-electron chi connectivity index (χ1n) is 8.15. The maximum absolute atomic E-state index is 12.1. The molecule has 6 N–H and O–H groups in total. The summed E-state index contributed by atoms with van der Waals surface area (Å²) >= 11 is 0. The number of carbonyl (C=O) groups is 4. The van der Waals surface area contributed by atoms with Gasteiger partial charge < -0.3 is 31.5 Å². The molecule has 1 fully saturated rings. The van der Waals surface area contributed by atoms with Gasteiger partial charge in [-0.3, -0.25) is 14.4 Å². The summed E-state index contributed by atoms with van der Waals surface area (Å²) in [7, 11) is 0. The molecule has 1 saturated heterocycles. The zero-order valence-electron chi connectivity index (χ0n) is 14.4. The van der Waals surface area contributed by atoms with Crippen molar-refractivity contribution in [2.24, 2.45) is 11.7 Å². The van der Waals surface area contributed by atoms with Crippen molar-refractivity contribution >= 4 is 23.7 Å². The summed E-state index contributed by atoms with van der Waals surface area (Å²) in [5.41, 5.74) is 5.67. The van der Waals surface area contributed by atoms with Gasteiger partial charge in [-0.15, -0.1) is 0 Å². The van der Waals surface area contributed by atoms with Gasteiger partial charge in [0.1, 0.15) is 12.1 Å². The first-order chi connectivity index (χ1) is 11.7. The Morgan fingerprint density at radius 3 is 2.40 bits per heavy atom. The molecule has 1 heterocycles. The van der Waals surface area contributed by atoms with E-state index in [9.17, 15) is 24.3 Å². The molecule has 0 aliphatic carbocycles. The second-order valence-corrected chi connectivity index (χ2v) is 6.31. The van der Waals surface area contributed by atoms with Crippen molar-refractivity contribution in [3.63, 3.8) is 0 Å². The van der Waals surface area contributed by atoms with Crippen LogP contribution in [0.25, 0.3) is 0 Å². The number of aliphatic carboxylic acids is 1. The number of rotatable bonds is 8. The van der Waals surface area contributed by atoms with Crippen molar-refractivity contribution in [1.82, 2.24) is 15.5 Å². The minimum absolute atomic E-state index is 0.146. The lowest BCUT2D eigenvalue weighted by atomic mass is 10.0. The summed E-state index contributed by atoms with van der Waals surface area (Å²) in [5.74, 6) is -3.08. The first-order valence-corrected chi connectivity index (χ1v) is 8.15. The van der Waals surface area contributed by atoms with Crippen LogP contribution in [0.2, 0.25) is 0 Å². The third-order valence-corrected chi connectivity index (χ3v) is 4.11. The molecule has 3 atom stereocenters. The number of amides is 3. The van der Waals surface area contributed by atoms with Crippen LogP contribution in [0.1, 0.15) is 26.7 Å². The fraction of sp³-hybridized carbons (Fsp3) is 0.733. The summed E-state index contributed by atoms with van der Waals surface area (Å²) in [4.78, 5) is 48.2. The lowest BCUT2D eigenvalue weighted by molar-refractivity contribution is -0.148. The number of aliphatic hydroxyl groups excluding tert-OH is 1. The van der Waals surface area contributed by atoms with Crippen molar-refractivity contribution in [3.8, 4) is 0 Å². The standard InChI is InChI=1S/C15H26N4O6/c1-8(2)12(16)14(23)18-9(7-20)13(22)17-6-11(21)19-5-3-4-10(19)15(24)25/h8-10,12,20H,3-7,16H2,1-2H3,(H,17,22)(H,18,23)(H,24,25)/t9-,10-,12-/m0/s1. The Bertz CT molecular complexity index is 524. The van der Waals surface area contributed by atoms with Gasteiger partial charge in [0.15, 0.2) is 0 Å². The number of nitrogens with one attached hydrogen (secondary N) is 2. The van der Waals surface area contributed by atoms with Gasteiger partial charge >= 0.3 is 5.97 Å². The van der Waals surface area contributed by atoms with E-state index in [1.165, 1.54) is 4.90 Å². The molecule has 0 saturated carbocycles. The van der Waals surface area contributed by atoms with Crippen LogP contribution in [0, 0.1) is 5.92 Å². The lowest BCUT2D eigenvalue weighted by Crippen LogP contribution is -2.55. The monoisotopic (exact) mass is 358 g/mol. The molecule has 0 bridgehead atoms. The first kappa shape index (κ1) is 20.8. The number of carboxylic acids is 1. The van der Waals surface area contributed by atoms with E-state index in [0.29, 0.717) is 19.4 Å². The largest absolute Gasteiger partial charge is 0.480 e. The smallest absolute Gasteiger partial charge is 0.326 e. The predicted molar refractivity (Wildman–Crippen MR) is 87.2 cm³/mol. The van der Waals surface area contributed by atoms with Gasteiger partial charge in [0.25, 0.3) is 0 Å². The second-order valence-electron chi connectivity index (χ2n) is 6.31. The Balaban J connectivity index is 2.54. The van der Waals surface area contributed by atoms with E-state index in [0.717, 1.165) is 0 Å². The van der Waals surface area contributed by atoms with Gasteiger partial charge in [0.2, 0.25) is 17.7 Å². The normalized spacial score (nSPS) is 19.4. The SMILES string of the molecule is CC(C)[C@H](N)C(=O)N[C@@H](CO)C(=O)NCC(=O)N1CCC[C@H]1C(=O)O. The van der Waals surface area contributed by atoms with E-state index in [1.54, 1.807) is 13.8 Å². The van der Waals surface area contributed by atoms with Crippen LogP contribution < -0.4 is 16.4 Å². The molecular formula is C15H26N4O6. The maximum atomic E-state index is 12.1. The minimum Gasteiger partial charge on any atom is -0.480 e. The van der Waals surface area contributed by atoms with E-state index < -0.39 is 55.0 Å². The zero-order chi connectivity index (χ0) is 19.1.